The first kappa shape index (κ1) is 13.6. The molecule has 0 atom stereocenters. The van der Waals surface area contributed by atoms with E-state index in [-0.39, 0.29) is 0 Å². The molecule has 0 aliphatic carbocycles. The topological polar surface area (TPSA) is 25.2 Å². The van der Waals surface area contributed by atoms with Gasteiger partial charge in [0, 0.05) is 9.86 Å². The monoisotopic (exact) mass is 309 g/mol. The Hall–Kier alpha value is -0.800. The second-order valence-electron chi connectivity index (χ2n) is 5.27. The molecular weight excluding hydrogens is 290 g/mol. The molecule has 2 rings (SSSR count). The molecule has 1 heterocycles. The smallest absolute Gasteiger partial charge is 0.137 e. The summed E-state index contributed by atoms with van der Waals surface area (Å²) in [7, 11) is 0. The molecule has 0 unspecified atom stereocenters. The number of halogens is 1. The lowest BCUT2D eigenvalue weighted by Gasteiger charge is -2.05. The molecule has 0 saturated carbocycles. The molecule has 2 nitrogen and oxygen atoms in total. The fourth-order valence-electron chi connectivity index (χ4n) is 2.14. The van der Waals surface area contributed by atoms with Crippen LogP contribution in [0.15, 0.2) is 21.0 Å². The average Bonchev–Trinajstić information content (AvgIpc) is 2.57. The van der Waals surface area contributed by atoms with E-state index in [2.05, 4.69) is 61.1 Å². The van der Waals surface area contributed by atoms with Gasteiger partial charge in [0.05, 0.1) is 6.54 Å². The van der Waals surface area contributed by atoms with Crippen LogP contribution < -0.4 is 5.32 Å². The number of nitrogens with one attached hydrogen (secondary N) is 1. The van der Waals surface area contributed by atoms with Crippen LogP contribution in [0.3, 0.4) is 0 Å². The average molecular weight is 310 g/mol. The minimum Gasteiger partial charge on any atom is -0.459 e. The molecule has 3 heteroatoms. The molecule has 0 bridgehead atoms. The van der Waals surface area contributed by atoms with Crippen LogP contribution in [0.2, 0.25) is 0 Å². The molecule has 0 aliphatic heterocycles. The second kappa shape index (κ2) is 5.45. The highest BCUT2D eigenvalue weighted by Gasteiger charge is 2.12. The maximum atomic E-state index is 5.98. The van der Waals surface area contributed by atoms with Crippen molar-refractivity contribution in [3.05, 3.63) is 33.5 Å². The van der Waals surface area contributed by atoms with Gasteiger partial charge in [0.15, 0.2) is 0 Å². The Balaban J connectivity index is 2.30. The van der Waals surface area contributed by atoms with Crippen LogP contribution in [0.1, 0.15) is 30.7 Å². The minimum atomic E-state index is 0.658. The molecule has 18 heavy (non-hydrogen) atoms. The fourth-order valence-corrected chi connectivity index (χ4v) is 2.71. The van der Waals surface area contributed by atoms with Gasteiger partial charge in [-0.3, -0.25) is 0 Å². The third-order valence-corrected chi connectivity index (χ3v) is 3.58. The molecule has 0 fully saturated rings. The first-order valence-corrected chi connectivity index (χ1v) is 7.17. The summed E-state index contributed by atoms with van der Waals surface area (Å²) >= 11 is 3.54. The van der Waals surface area contributed by atoms with Gasteiger partial charge in [-0.15, -0.1) is 0 Å². The molecule has 1 N–H and O–H groups in total. The van der Waals surface area contributed by atoms with E-state index in [1.807, 2.05) is 0 Å². The van der Waals surface area contributed by atoms with Gasteiger partial charge in [0.25, 0.3) is 0 Å². The Labute approximate surface area is 117 Å². The lowest BCUT2D eigenvalue weighted by atomic mass is 10.1. The van der Waals surface area contributed by atoms with E-state index in [1.54, 1.807) is 0 Å². The molecular formula is C15H20BrNO. The number of benzene rings is 1. The van der Waals surface area contributed by atoms with Crippen LogP contribution in [0.4, 0.5) is 0 Å². The van der Waals surface area contributed by atoms with Gasteiger partial charge in [-0.05, 0) is 49.6 Å². The summed E-state index contributed by atoms with van der Waals surface area (Å²) in [6.07, 6.45) is 0. The number of rotatable bonds is 4. The summed E-state index contributed by atoms with van der Waals surface area (Å²) in [6, 6.07) is 4.23. The van der Waals surface area contributed by atoms with Crippen LogP contribution in [0, 0.1) is 19.8 Å². The third kappa shape index (κ3) is 2.78. The quantitative estimate of drug-likeness (QED) is 0.895. The summed E-state index contributed by atoms with van der Waals surface area (Å²) in [5, 5.41) is 4.64. The van der Waals surface area contributed by atoms with Gasteiger partial charge in [0.2, 0.25) is 0 Å². The third-order valence-electron chi connectivity index (χ3n) is 3.13. The van der Waals surface area contributed by atoms with Gasteiger partial charge >= 0.3 is 0 Å². The second-order valence-corrected chi connectivity index (χ2v) is 6.19. The summed E-state index contributed by atoms with van der Waals surface area (Å²) in [5.74, 6) is 1.71. The van der Waals surface area contributed by atoms with E-state index in [9.17, 15) is 0 Å². The lowest BCUT2D eigenvalue weighted by Crippen LogP contribution is -2.18. The van der Waals surface area contributed by atoms with Crippen molar-refractivity contribution in [1.29, 1.82) is 0 Å². The minimum absolute atomic E-state index is 0.658. The number of hydrogen-bond acceptors (Lipinski definition) is 2. The molecule has 0 radical (unpaired) electrons. The van der Waals surface area contributed by atoms with Crippen LogP contribution in [-0.4, -0.2) is 6.54 Å². The Kier molecular flexibility index (Phi) is 4.13. The normalized spacial score (nSPS) is 11.7. The van der Waals surface area contributed by atoms with Crippen molar-refractivity contribution in [1.82, 2.24) is 5.32 Å². The zero-order valence-corrected chi connectivity index (χ0v) is 13.0. The molecule has 0 amide bonds. The summed E-state index contributed by atoms with van der Waals surface area (Å²) < 4.78 is 7.09. The fraction of sp³-hybridized carbons (Fsp3) is 0.467. The van der Waals surface area contributed by atoms with E-state index >= 15 is 0 Å². The van der Waals surface area contributed by atoms with Crippen LogP contribution in [0.25, 0.3) is 11.0 Å². The van der Waals surface area contributed by atoms with Crippen molar-refractivity contribution in [3.63, 3.8) is 0 Å². The summed E-state index contributed by atoms with van der Waals surface area (Å²) in [4.78, 5) is 0. The Morgan fingerprint density at radius 2 is 2.00 bits per heavy atom. The van der Waals surface area contributed by atoms with Crippen LogP contribution >= 0.6 is 15.9 Å². The van der Waals surface area contributed by atoms with Crippen molar-refractivity contribution < 1.29 is 4.42 Å². The van der Waals surface area contributed by atoms with E-state index in [0.29, 0.717) is 5.92 Å². The molecule has 0 spiro atoms. The summed E-state index contributed by atoms with van der Waals surface area (Å²) in [5.41, 5.74) is 3.43. The van der Waals surface area contributed by atoms with E-state index in [0.717, 1.165) is 28.9 Å². The predicted molar refractivity (Wildman–Crippen MR) is 79.9 cm³/mol. The first-order valence-electron chi connectivity index (χ1n) is 6.38. The number of fused-ring (bicyclic) bond motifs is 1. The highest BCUT2D eigenvalue weighted by atomic mass is 79.9. The van der Waals surface area contributed by atoms with Crippen molar-refractivity contribution in [2.24, 2.45) is 5.92 Å². The largest absolute Gasteiger partial charge is 0.459 e. The van der Waals surface area contributed by atoms with Crippen molar-refractivity contribution in [3.8, 4) is 0 Å². The molecule has 1 aromatic heterocycles. The molecule has 2 aromatic rings. The van der Waals surface area contributed by atoms with Crippen LogP contribution in [-0.2, 0) is 6.54 Å². The molecule has 0 saturated heterocycles. The maximum absolute atomic E-state index is 5.98. The Bertz CT molecular complexity index is 557. The standard InChI is InChI=1S/C15H20BrNO/c1-9(2)7-17-8-14-11(4)13-6-12(16)5-10(3)15(13)18-14/h5-6,9,17H,7-8H2,1-4H3. The van der Waals surface area contributed by atoms with E-state index in [4.69, 9.17) is 4.42 Å². The molecule has 0 aliphatic rings. The highest BCUT2D eigenvalue weighted by molar-refractivity contribution is 9.10. The van der Waals surface area contributed by atoms with Crippen molar-refractivity contribution in [2.75, 3.05) is 6.54 Å². The van der Waals surface area contributed by atoms with E-state index in [1.165, 1.54) is 16.5 Å². The Morgan fingerprint density at radius 3 is 2.67 bits per heavy atom. The summed E-state index contributed by atoms with van der Waals surface area (Å²) in [6.45, 7) is 10.4. The maximum Gasteiger partial charge on any atom is 0.137 e. The van der Waals surface area contributed by atoms with Crippen molar-refractivity contribution >= 4 is 26.9 Å². The first-order chi connectivity index (χ1) is 8.49. The predicted octanol–water partition coefficient (Wildman–Crippen LogP) is 4.56. The lowest BCUT2D eigenvalue weighted by molar-refractivity contribution is 0.482. The zero-order chi connectivity index (χ0) is 13.3. The van der Waals surface area contributed by atoms with Gasteiger partial charge in [-0.2, -0.15) is 0 Å². The van der Waals surface area contributed by atoms with Crippen LogP contribution in [0.5, 0.6) is 0 Å². The van der Waals surface area contributed by atoms with Gasteiger partial charge in [-0.1, -0.05) is 29.8 Å². The van der Waals surface area contributed by atoms with Gasteiger partial charge in [-0.25, -0.2) is 0 Å². The van der Waals surface area contributed by atoms with Gasteiger partial charge in [0.1, 0.15) is 11.3 Å². The number of furan rings is 1. The zero-order valence-electron chi connectivity index (χ0n) is 11.4. The highest BCUT2D eigenvalue weighted by Crippen LogP contribution is 2.30. The molecule has 98 valence electrons. The molecule has 1 aromatic carbocycles. The number of hydrogen-bond donors (Lipinski definition) is 1. The number of aryl methyl sites for hydroxylation is 2. The van der Waals surface area contributed by atoms with Gasteiger partial charge < -0.3 is 9.73 Å². The SMILES string of the molecule is Cc1c(CNCC(C)C)oc2c(C)cc(Br)cc12. The van der Waals surface area contributed by atoms with Crippen molar-refractivity contribution in [2.45, 2.75) is 34.2 Å². The Morgan fingerprint density at radius 1 is 1.28 bits per heavy atom. The van der Waals surface area contributed by atoms with E-state index < -0.39 is 0 Å².